The Bertz CT molecular complexity index is 638. The SMILES string of the molecule is COc1ccc(C(NC(=O)c2cccc(F)c2)C(C)C)cc1. The average Bonchev–Trinajstić information content (AvgIpc) is 2.52. The van der Waals surface area contributed by atoms with Crippen LogP contribution in [-0.2, 0) is 0 Å². The summed E-state index contributed by atoms with van der Waals surface area (Å²) in [5, 5.41) is 2.97. The fourth-order valence-electron chi connectivity index (χ4n) is 2.30. The van der Waals surface area contributed by atoms with Gasteiger partial charge in [0.05, 0.1) is 13.2 Å². The molecule has 2 rings (SSSR count). The lowest BCUT2D eigenvalue weighted by Gasteiger charge is -2.23. The minimum Gasteiger partial charge on any atom is -0.497 e. The molecule has 0 aliphatic heterocycles. The van der Waals surface area contributed by atoms with Crippen molar-refractivity contribution >= 4 is 5.91 Å². The molecular formula is C18H20FNO2. The van der Waals surface area contributed by atoms with Crippen LogP contribution >= 0.6 is 0 Å². The molecule has 0 heterocycles. The molecule has 4 heteroatoms. The number of benzene rings is 2. The molecule has 1 atom stereocenters. The lowest BCUT2D eigenvalue weighted by molar-refractivity contribution is 0.0925. The molecule has 0 aliphatic rings. The van der Waals surface area contributed by atoms with Crippen LogP contribution in [0.5, 0.6) is 5.75 Å². The minimum absolute atomic E-state index is 0.151. The van der Waals surface area contributed by atoms with Gasteiger partial charge in [-0.2, -0.15) is 0 Å². The maximum atomic E-state index is 13.2. The first-order valence-electron chi connectivity index (χ1n) is 7.21. The lowest BCUT2D eigenvalue weighted by Crippen LogP contribution is -2.31. The van der Waals surface area contributed by atoms with Crippen LogP contribution in [0.2, 0.25) is 0 Å². The van der Waals surface area contributed by atoms with Crippen molar-refractivity contribution in [1.82, 2.24) is 5.32 Å². The molecule has 0 fully saturated rings. The van der Waals surface area contributed by atoms with Crippen molar-refractivity contribution in [2.45, 2.75) is 19.9 Å². The van der Waals surface area contributed by atoms with E-state index < -0.39 is 5.82 Å². The molecule has 0 aliphatic carbocycles. The summed E-state index contributed by atoms with van der Waals surface area (Å²) in [7, 11) is 1.61. The molecule has 1 amide bonds. The Morgan fingerprint density at radius 3 is 2.36 bits per heavy atom. The van der Waals surface area contributed by atoms with Gasteiger partial charge in [0.2, 0.25) is 0 Å². The molecule has 3 nitrogen and oxygen atoms in total. The van der Waals surface area contributed by atoms with Crippen LogP contribution in [0, 0.1) is 11.7 Å². The highest BCUT2D eigenvalue weighted by Gasteiger charge is 2.19. The van der Waals surface area contributed by atoms with E-state index in [9.17, 15) is 9.18 Å². The zero-order valence-corrected chi connectivity index (χ0v) is 13.0. The third-order valence-corrected chi connectivity index (χ3v) is 3.51. The van der Waals surface area contributed by atoms with Crippen molar-refractivity contribution in [3.63, 3.8) is 0 Å². The van der Waals surface area contributed by atoms with Crippen LogP contribution in [0.25, 0.3) is 0 Å². The normalized spacial score (nSPS) is 12.0. The van der Waals surface area contributed by atoms with E-state index in [0.717, 1.165) is 11.3 Å². The molecule has 1 N–H and O–H groups in total. The standard InChI is InChI=1S/C18H20FNO2/c1-12(2)17(13-7-9-16(22-3)10-8-13)20-18(21)14-5-4-6-15(19)11-14/h4-12,17H,1-3H3,(H,20,21). The summed E-state index contributed by atoms with van der Waals surface area (Å²) in [5.74, 6) is 0.265. The number of carbonyl (C=O) groups is 1. The van der Waals surface area contributed by atoms with Gasteiger partial charge in [0.1, 0.15) is 11.6 Å². The third kappa shape index (κ3) is 3.85. The second-order valence-electron chi connectivity index (χ2n) is 5.48. The van der Waals surface area contributed by atoms with E-state index >= 15 is 0 Å². The first-order valence-corrected chi connectivity index (χ1v) is 7.21. The maximum Gasteiger partial charge on any atom is 0.251 e. The molecule has 0 saturated heterocycles. The van der Waals surface area contributed by atoms with E-state index in [4.69, 9.17) is 4.74 Å². The smallest absolute Gasteiger partial charge is 0.251 e. The Morgan fingerprint density at radius 1 is 1.14 bits per heavy atom. The summed E-state index contributed by atoms with van der Waals surface area (Å²) in [6.07, 6.45) is 0. The fraction of sp³-hybridized carbons (Fsp3) is 0.278. The van der Waals surface area contributed by atoms with Crippen LogP contribution in [0.3, 0.4) is 0 Å². The highest BCUT2D eigenvalue weighted by atomic mass is 19.1. The van der Waals surface area contributed by atoms with Gasteiger partial charge < -0.3 is 10.1 Å². The lowest BCUT2D eigenvalue weighted by atomic mass is 9.95. The molecule has 0 aromatic heterocycles. The number of hydrogen-bond acceptors (Lipinski definition) is 2. The van der Waals surface area contributed by atoms with Gasteiger partial charge in [-0.25, -0.2) is 4.39 Å². The number of amides is 1. The summed E-state index contributed by atoms with van der Waals surface area (Å²) in [4.78, 5) is 12.3. The third-order valence-electron chi connectivity index (χ3n) is 3.51. The second-order valence-corrected chi connectivity index (χ2v) is 5.48. The number of carbonyl (C=O) groups excluding carboxylic acids is 1. The van der Waals surface area contributed by atoms with Crippen LogP contribution in [-0.4, -0.2) is 13.0 Å². The summed E-state index contributed by atoms with van der Waals surface area (Å²) in [5.41, 5.74) is 1.31. The number of hydrogen-bond donors (Lipinski definition) is 1. The quantitative estimate of drug-likeness (QED) is 0.907. The number of nitrogens with one attached hydrogen (secondary N) is 1. The Hall–Kier alpha value is -2.36. The van der Waals surface area contributed by atoms with Crippen LogP contribution in [0.4, 0.5) is 4.39 Å². The van der Waals surface area contributed by atoms with Gasteiger partial charge >= 0.3 is 0 Å². The van der Waals surface area contributed by atoms with Crippen molar-refractivity contribution in [1.29, 1.82) is 0 Å². The number of halogens is 1. The van der Waals surface area contributed by atoms with E-state index in [-0.39, 0.29) is 17.9 Å². The Kier molecular flexibility index (Phi) is 5.15. The predicted octanol–water partition coefficient (Wildman–Crippen LogP) is 3.96. The molecule has 22 heavy (non-hydrogen) atoms. The van der Waals surface area contributed by atoms with Crippen LogP contribution in [0.1, 0.15) is 35.8 Å². The van der Waals surface area contributed by atoms with E-state index in [1.165, 1.54) is 18.2 Å². The van der Waals surface area contributed by atoms with Crippen molar-refractivity contribution in [3.05, 3.63) is 65.5 Å². The molecule has 116 valence electrons. The predicted molar refractivity (Wildman–Crippen MR) is 84.4 cm³/mol. The van der Waals surface area contributed by atoms with Crippen molar-refractivity contribution in [3.8, 4) is 5.75 Å². The average molecular weight is 301 g/mol. The van der Waals surface area contributed by atoms with Gasteiger partial charge in [-0.15, -0.1) is 0 Å². The Morgan fingerprint density at radius 2 is 1.82 bits per heavy atom. The fourth-order valence-corrected chi connectivity index (χ4v) is 2.30. The molecule has 0 spiro atoms. The molecule has 0 saturated carbocycles. The van der Waals surface area contributed by atoms with Crippen LogP contribution in [0.15, 0.2) is 48.5 Å². The summed E-state index contributed by atoms with van der Waals surface area (Å²) >= 11 is 0. The van der Waals surface area contributed by atoms with E-state index in [1.807, 2.05) is 38.1 Å². The largest absolute Gasteiger partial charge is 0.497 e. The monoisotopic (exact) mass is 301 g/mol. The minimum atomic E-state index is -0.418. The van der Waals surface area contributed by atoms with Gasteiger partial charge in [-0.05, 0) is 41.8 Å². The second kappa shape index (κ2) is 7.07. The van der Waals surface area contributed by atoms with E-state index in [0.29, 0.717) is 5.56 Å². The Balaban J connectivity index is 2.19. The number of ether oxygens (including phenoxy) is 1. The van der Waals surface area contributed by atoms with Crippen molar-refractivity contribution in [2.24, 2.45) is 5.92 Å². The molecule has 0 radical (unpaired) electrons. The van der Waals surface area contributed by atoms with Crippen LogP contribution < -0.4 is 10.1 Å². The summed E-state index contributed by atoms with van der Waals surface area (Å²) in [6.45, 7) is 4.06. The Labute approximate surface area is 130 Å². The van der Waals surface area contributed by atoms with Crippen molar-refractivity contribution < 1.29 is 13.9 Å². The van der Waals surface area contributed by atoms with Gasteiger partial charge in [0.25, 0.3) is 5.91 Å². The molecule has 1 unspecified atom stereocenters. The van der Waals surface area contributed by atoms with E-state index in [1.54, 1.807) is 13.2 Å². The van der Waals surface area contributed by atoms with E-state index in [2.05, 4.69) is 5.32 Å². The van der Waals surface area contributed by atoms with Gasteiger partial charge in [0.15, 0.2) is 0 Å². The highest BCUT2D eigenvalue weighted by molar-refractivity contribution is 5.94. The molecule has 0 bridgehead atoms. The summed E-state index contributed by atoms with van der Waals surface area (Å²) < 4.78 is 18.4. The zero-order chi connectivity index (χ0) is 16.1. The summed E-state index contributed by atoms with van der Waals surface area (Å²) in [6, 6.07) is 13.1. The first kappa shape index (κ1) is 16.0. The number of rotatable bonds is 5. The molecule has 2 aromatic rings. The molecular weight excluding hydrogens is 281 g/mol. The first-order chi connectivity index (χ1) is 10.5. The van der Waals surface area contributed by atoms with Gasteiger partial charge in [-0.3, -0.25) is 4.79 Å². The highest BCUT2D eigenvalue weighted by Crippen LogP contribution is 2.24. The molecule has 2 aromatic carbocycles. The van der Waals surface area contributed by atoms with Crippen molar-refractivity contribution in [2.75, 3.05) is 7.11 Å². The number of methoxy groups -OCH3 is 1. The maximum absolute atomic E-state index is 13.2. The zero-order valence-electron chi connectivity index (χ0n) is 13.0. The topological polar surface area (TPSA) is 38.3 Å². The van der Waals surface area contributed by atoms with Gasteiger partial charge in [0, 0.05) is 5.56 Å². The van der Waals surface area contributed by atoms with Gasteiger partial charge in [-0.1, -0.05) is 32.0 Å².